The molecule has 0 heterocycles. The van der Waals surface area contributed by atoms with Crippen LogP contribution < -0.4 is 11.1 Å². The molecule has 0 radical (unpaired) electrons. The molecule has 0 bridgehead atoms. The molecule has 0 fully saturated rings. The predicted octanol–water partition coefficient (Wildman–Crippen LogP) is 3.44. The molecule has 1 aromatic carbocycles. The van der Waals surface area contributed by atoms with Crippen LogP contribution in [0, 0.1) is 11.3 Å². The van der Waals surface area contributed by atoms with Gasteiger partial charge >= 0.3 is 0 Å². The van der Waals surface area contributed by atoms with Crippen molar-refractivity contribution < 1.29 is 4.79 Å². The summed E-state index contributed by atoms with van der Waals surface area (Å²) in [6, 6.07) is 5.30. The number of nitrogens with two attached hydrogens (primary N) is 1. The van der Waals surface area contributed by atoms with E-state index in [2.05, 4.69) is 48.9 Å². The molecule has 1 amide bonds. The summed E-state index contributed by atoms with van der Waals surface area (Å²) < 4.78 is 0.658. The van der Waals surface area contributed by atoms with Crippen molar-refractivity contribution >= 4 is 27.5 Å². The first-order valence-corrected chi connectivity index (χ1v) is 6.85. The lowest BCUT2D eigenvalue weighted by molar-refractivity contribution is 0.0936. The zero-order valence-corrected chi connectivity index (χ0v) is 13.0. The van der Waals surface area contributed by atoms with Gasteiger partial charge in [-0.3, -0.25) is 4.79 Å². The molecule has 0 aliphatic carbocycles. The molecule has 3 N–H and O–H groups in total. The highest BCUT2D eigenvalue weighted by atomic mass is 79.9. The summed E-state index contributed by atoms with van der Waals surface area (Å²) in [6.45, 7) is 9.29. The van der Waals surface area contributed by atoms with Gasteiger partial charge in [0.2, 0.25) is 0 Å². The molecule has 0 aliphatic heterocycles. The van der Waals surface area contributed by atoms with Gasteiger partial charge in [0.15, 0.2) is 0 Å². The molecule has 3 nitrogen and oxygen atoms in total. The molecule has 1 unspecified atom stereocenters. The second-order valence-electron chi connectivity index (χ2n) is 5.69. The summed E-state index contributed by atoms with van der Waals surface area (Å²) in [7, 11) is 0. The maximum atomic E-state index is 12.1. The van der Waals surface area contributed by atoms with Crippen LogP contribution in [0.25, 0.3) is 0 Å². The molecule has 18 heavy (non-hydrogen) atoms. The Morgan fingerprint density at radius 2 is 2.06 bits per heavy atom. The highest BCUT2D eigenvalue weighted by Gasteiger charge is 2.21. The van der Waals surface area contributed by atoms with Crippen molar-refractivity contribution in [1.29, 1.82) is 0 Å². The Balaban J connectivity index is 2.70. The van der Waals surface area contributed by atoms with Crippen LogP contribution in [0.2, 0.25) is 0 Å². The smallest absolute Gasteiger partial charge is 0.252 e. The van der Waals surface area contributed by atoms with Gasteiger partial charge in [-0.15, -0.1) is 0 Å². The topological polar surface area (TPSA) is 55.1 Å². The zero-order chi connectivity index (χ0) is 13.9. The van der Waals surface area contributed by atoms with Crippen molar-refractivity contribution in [3.05, 3.63) is 28.2 Å². The van der Waals surface area contributed by atoms with Crippen molar-refractivity contribution in [2.75, 3.05) is 12.3 Å². The fourth-order valence-electron chi connectivity index (χ4n) is 1.37. The van der Waals surface area contributed by atoms with Crippen LogP contribution in [0.5, 0.6) is 0 Å². The number of amides is 1. The van der Waals surface area contributed by atoms with E-state index in [0.29, 0.717) is 28.2 Å². The Labute approximate surface area is 117 Å². The highest BCUT2D eigenvalue weighted by Crippen LogP contribution is 2.26. The second-order valence-corrected chi connectivity index (χ2v) is 6.48. The van der Waals surface area contributed by atoms with Crippen molar-refractivity contribution in [2.45, 2.75) is 27.7 Å². The summed E-state index contributed by atoms with van der Waals surface area (Å²) in [6.07, 6.45) is 0. The Morgan fingerprint density at radius 3 is 2.61 bits per heavy atom. The number of nitrogen functional groups attached to an aromatic ring is 1. The summed E-state index contributed by atoms with van der Waals surface area (Å²) in [5.41, 5.74) is 7.09. The molecule has 4 heteroatoms. The number of benzene rings is 1. The summed E-state index contributed by atoms with van der Waals surface area (Å²) in [4.78, 5) is 12.1. The number of halogens is 1. The third-order valence-electron chi connectivity index (χ3n) is 3.32. The van der Waals surface area contributed by atoms with Gasteiger partial charge in [0.1, 0.15) is 0 Å². The third-order valence-corrected chi connectivity index (χ3v) is 4.21. The molecular weight excluding hydrogens is 292 g/mol. The maximum absolute atomic E-state index is 12.1. The average Bonchev–Trinajstić information content (AvgIpc) is 2.27. The molecule has 0 saturated heterocycles. The van der Waals surface area contributed by atoms with Gasteiger partial charge in [-0.2, -0.15) is 0 Å². The van der Waals surface area contributed by atoms with E-state index < -0.39 is 0 Å². The van der Waals surface area contributed by atoms with E-state index in [0.717, 1.165) is 0 Å². The van der Waals surface area contributed by atoms with Crippen LogP contribution >= 0.6 is 15.9 Å². The monoisotopic (exact) mass is 312 g/mol. The molecule has 0 aliphatic rings. The van der Waals surface area contributed by atoms with Crippen LogP contribution in [0.1, 0.15) is 38.1 Å². The zero-order valence-electron chi connectivity index (χ0n) is 11.4. The van der Waals surface area contributed by atoms with E-state index in [1.54, 1.807) is 18.2 Å². The first kappa shape index (κ1) is 15.0. The van der Waals surface area contributed by atoms with Crippen LogP contribution in [0.3, 0.4) is 0 Å². The third kappa shape index (κ3) is 3.73. The fraction of sp³-hybridized carbons (Fsp3) is 0.500. The highest BCUT2D eigenvalue weighted by molar-refractivity contribution is 9.10. The standard InChI is InChI=1S/C14H21BrN2O/c1-9(14(2,3)4)8-17-13(18)10-6-5-7-11(16)12(10)15/h5-7,9H,8,16H2,1-4H3,(H,17,18). The Kier molecular flexibility index (Phi) is 4.79. The Bertz CT molecular complexity index is 438. The number of anilines is 1. The normalized spacial score (nSPS) is 13.2. The van der Waals surface area contributed by atoms with Crippen LogP contribution in [-0.4, -0.2) is 12.5 Å². The molecular formula is C14H21BrN2O. The van der Waals surface area contributed by atoms with Gasteiger partial charge in [-0.1, -0.05) is 33.8 Å². The minimum atomic E-state index is -0.0923. The van der Waals surface area contributed by atoms with E-state index in [4.69, 9.17) is 5.73 Å². The van der Waals surface area contributed by atoms with Crippen molar-refractivity contribution in [3.8, 4) is 0 Å². The molecule has 0 saturated carbocycles. The van der Waals surface area contributed by atoms with Gasteiger partial charge in [0, 0.05) is 12.2 Å². The minimum Gasteiger partial charge on any atom is -0.398 e. The number of carbonyl (C=O) groups is 1. The van der Waals surface area contributed by atoms with Gasteiger partial charge in [-0.05, 0) is 39.4 Å². The van der Waals surface area contributed by atoms with Crippen LogP contribution in [0.15, 0.2) is 22.7 Å². The van der Waals surface area contributed by atoms with Crippen molar-refractivity contribution in [1.82, 2.24) is 5.32 Å². The molecule has 0 aromatic heterocycles. The molecule has 1 aromatic rings. The lowest BCUT2D eigenvalue weighted by Gasteiger charge is -2.27. The average molecular weight is 313 g/mol. The Hall–Kier alpha value is -1.03. The molecule has 1 rings (SSSR count). The minimum absolute atomic E-state index is 0.0923. The van der Waals surface area contributed by atoms with Gasteiger partial charge in [0.25, 0.3) is 5.91 Å². The molecule has 100 valence electrons. The first-order valence-electron chi connectivity index (χ1n) is 6.05. The number of rotatable bonds is 3. The van der Waals surface area contributed by atoms with Crippen molar-refractivity contribution in [3.63, 3.8) is 0 Å². The quantitative estimate of drug-likeness (QED) is 0.840. The second kappa shape index (κ2) is 5.74. The van der Waals surface area contributed by atoms with E-state index in [1.807, 2.05) is 0 Å². The van der Waals surface area contributed by atoms with Crippen molar-refractivity contribution in [2.24, 2.45) is 11.3 Å². The van der Waals surface area contributed by atoms with Crippen LogP contribution in [-0.2, 0) is 0 Å². The van der Waals surface area contributed by atoms with E-state index in [9.17, 15) is 4.79 Å². The Morgan fingerprint density at radius 1 is 1.44 bits per heavy atom. The number of hydrogen-bond acceptors (Lipinski definition) is 2. The fourth-order valence-corrected chi connectivity index (χ4v) is 1.82. The molecule has 1 atom stereocenters. The van der Waals surface area contributed by atoms with E-state index >= 15 is 0 Å². The van der Waals surface area contributed by atoms with Gasteiger partial charge < -0.3 is 11.1 Å². The number of nitrogens with one attached hydrogen (secondary N) is 1. The lowest BCUT2D eigenvalue weighted by Crippen LogP contribution is -2.33. The summed E-state index contributed by atoms with van der Waals surface area (Å²) >= 11 is 3.34. The predicted molar refractivity (Wildman–Crippen MR) is 79.5 cm³/mol. The molecule has 0 spiro atoms. The van der Waals surface area contributed by atoms with Gasteiger partial charge in [-0.25, -0.2) is 0 Å². The lowest BCUT2D eigenvalue weighted by atomic mass is 9.82. The van der Waals surface area contributed by atoms with E-state index in [1.165, 1.54) is 0 Å². The maximum Gasteiger partial charge on any atom is 0.252 e. The summed E-state index contributed by atoms with van der Waals surface area (Å²) in [5.74, 6) is 0.312. The number of carbonyl (C=O) groups excluding carboxylic acids is 1. The SMILES string of the molecule is CC(CNC(=O)c1cccc(N)c1Br)C(C)(C)C. The first-order chi connectivity index (χ1) is 8.23. The number of hydrogen-bond donors (Lipinski definition) is 2. The van der Waals surface area contributed by atoms with E-state index in [-0.39, 0.29) is 11.3 Å². The van der Waals surface area contributed by atoms with Crippen LogP contribution in [0.4, 0.5) is 5.69 Å². The van der Waals surface area contributed by atoms with Gasteiger partial charge in [0.05, 0.1) is 10.0 Å². The largest absolute Gasteiger partial charge is 0.398 e. The summed E-state index contributed by atoms with van der Waals surface area (Å²) in [5, 5.41) is 2.95.